The Hall–Kier alpha value is -1.61. The number of anilines is 1. The van der Waals surface area contributed by atoms with Crippen molar-refractivity contribution in [3.63, 3.8) is 0 Å². The molecule has 4 rings (SSSR count). The third-order valence-electron chi connectivity index (χ3n) is 5.75. The SMILES string of the molecule is I.NC(=NCC1(c2ccc(Cl)cc2)CCC1)N1CCN(c2ncccn2)CC1. The molecule has 2 N–H and O–H groups in total. The molecule has 28 heavy (non-hydrogen) atoms. The number of aliphatic imine (C=N–C) groups is 1. The number of nitrogens with zero attached hydrogens (tertiary/aromatic N) is 5. The molecular weight excluding hydrogens is 487 g/mol. The fourth-order valence-electron chi connectivity index (χ4n) is 3.87. The van der Waals surface area contributed by atoms with Gasteiger partial charge in [0.1, 0.15) is 0 Å². The lowest BCUT2D eigenvalue weighted by Gasteiger charge is -2.42. The molecule has 150 valence electrons. The maximum atomic E-state index is 6.33. The van der Waals surface area contributed by atoms with E-state index < -0.39 is 0 Å². The summed E-state index contributed by atoms with van der Waals surface area (Å²) in [5, 5.41) is 0.775. The van der Waals surface area contributed by atoms with Crippen molar-refractivity contribution in [1.29, 1.82) is 0 Å². The van der Waals surface area contributed by atoms with Crippen LogP contribution in [0.4, 0.5) is 5.95 Å². The average molecular weight is 513 g/mol. The molecule has 1 aromatic heterocycles. The summed E-state index contributed by atoms with van der Waals surface area (Å²) in [4.78, 5) is 17.8. The van der Waals surface area contributed by atoms with E-state index in [4.69, 9.17) is 22.3 Å². The van der Waals surface area contributed by atoms with Crippen LogP contribution in [0.15, 0.2) is 47.7 Å². The molecule has 1 saturated heterocycles. The van der Waals surface area contributed by atoms with E-state index in [1.165, 1.54) is 12.0 Å². The Morgan fingerprint density at radius 2 is 1.71 bits per heavy atom. The van der Waals surface area contributed by atoms with Crippen molar-refractivity contribution in [2.45, 2.75) is 24.7 Å². The number of benzene rings is 1. The fourth-order valence-corrected chi connectivity index (χ4v) is 3.99. The number of nitrogens with two attached hydrogens (primary N) is 1. The van der Waals surface area contributed by atoms with Gasteiger partial charge in [-0.2, -0.15) is 0 Å². The van der Waals surface area contributed by atoms with Gasteiger partial charge in [-0.15, -0.1) is 24.0 Å². The molecule has 1 saturated carbocycles. The molecule has 2 fully saturated rings. The number of hydrogen-bond acceptors (Lipinski definition) is 4. The van der Waals surface area contributed by atoms with Gasteiger partial charge in [-0.25, -0.2) is 9.97 Å². The average Bonchev–Trinajstić information content (AvgIpc) is 2.69. The number of aromatic nitrogens is 2. The first-order valence-corrected chi connectivity index (χ1v) is 9.87. The van der Waals surface area contributed by atoms with Crippen molar-refractivity contribution >= 4 is 47.5 Å². The van der Waals surface area contributed by atoms with E-state index in [1.807, 2.05) is 18.2 Å². The van der Waals surface area contributed by atoms with E-state index in [-0.39, 0.29) is 29.4 Å². The number of hydrogen-bond donors (Lipinski definition) is 1. The zero-order valence-corrected chi connectivity index (χ0v) is 18.9. The number of halogens is 2. The lowest BCUT2D eigenvalue weighted by Crippen LogP contribution is -2.52. The third kappa shape index (κ3) is 4.51. The van der Waals surface area contributed by atoms with Crippen molar-refractivity contribution in [1.82, 2.24) is 14.9 Å². The van der Waals surface area contributed by atoms with Gasteiger partial charge in [0.2, 0.25) is 5.95 Å². The van der Waals surface area contributed by atoms with Crippen LogP contribution in [0.1, 0.15) is 24.8 Å². The van der Waals surface area contributed by atoms with Crippen LogP contribution < -0.4 is 10.6 Å². The standard InChI is InChI=1S/C20H25ClN6.HI/c21-17-5-3-16(4-6-17)20(7-1-8-20)15-25-18(22)26-11-13-27(14-12-26)19-23-9-2-10-24-19;/h2-6,9-10H,1,7-8,11-15H2,(H2,22,25);1H. The quantitative estimate of drug-likeness (QED) is 0.387. The first-order valence-electron chi connectivity index (χ1n) is 9.49. The van der Waals surface area contributed by atoms with E-state index in [1.54, 1.807) is 12.4 Å². The minimum atomic E-state index is 0. The van der Waals surface area contributed by atoms with Gasteiger partial charge in [-0.1, -0.05) is 30.2 Å². The van der Waals surface area contributed by atoms with Crippen LogP contribution in [-0.2, 0) is 5.41 Å². The van der Waals surface area contributed by atoms with E-state index in [0.29, 0.717) is 5.96 Å². The second-order valence-electron chi connectivity index (χ2n) is 7.34. The van der Waals surface area contributed by atoms with Gasteiger partial charge in [0.05, 0.1) is 6.54 Å². The smallest absolute Gasteiger partial charge is 0.225 e. The molecule has 0 atom stereocenters. The summed E-state index contributed by atoms with van der Waals surface area (Å²) in [5.74, 6) is 1.42. The van der Waals surface area contributed by atoms with Crippen LogP contribution in [-0.4, -0.2) is 53.6 Å². The summed E-state index contributed by atoms with van der Waals surface area (Å²) < 4.78 is 0. The number of rotatable bonds is 4. The monoisotopic (exact) mass is 512 g/mol. The summed E-state index contributed by atoms with van der Waals surface area (Å²) in [6, 6.07) is 10.0. The molecule has 1 aliphatic carbocycles. The third-order valence-corrected chi connectivity index (χ3v) is 6.00. The minimum absolute atomic E-state index is 0. The van der Waals surface area contributed by atoms with E-state index in [9.17, 15) is 0 Å². The van der Waals surface area contributed by atoms with Gasteiger partial charge in [0.15, 0.2) is 5.96 Å². The molecule has 2 aromatic rings. The molecule has 2 heterocycles. The zero-order valence-electron chi connectivity index (χ0n) is 15.8. The molecule has 2 aliphatic rings. The predicted molar refractivity (Wildman–Crippen MR) is 125 cm³/mol. The van der Waals surface area contributed by atoms with Crippen molar-refractivity contribution < 1.29 is 0 Å². The Kier molecular flexibility index (Phi) is 6.98. The lowest BCUT2D eigenvalue weighted by atomic mass is 9.64. The van der Waals surface area contributed by atoms with Gasteiger partial charge in [0.25, 0.3) is 0 Å². The van der Waals surface area contributed by atoms with Crippen molar-refractivity contribution in [3.8, 4) is 0 Å². The Morgan fingerprint density at radius 1 is 1.07 bits per heavy atom. The fraction of sp³-hybridized carbons (Fsp3) is 0.450. The second kappa shape index (κ2) is 9.26. The second-order valence-corrected chi connectivity index (χ2v) is 7.77. The highest BCUT2D eigenvalue weighted by Crippen LogP contribution is 2.44. The minimum Gasteiger partial charge on any atom is -0.370 e. The molecule has 1 aromatic carbocycles. The van der Waals surface area contributed by atoms with Crippen molar-refractivity contribution in [2.24, 2.45) is 10.7 Å². The molecule has 6 nitrogen and oxygen atoms in total. The first-order chi connectivity index (χ1) is 13.2. The Labute approximate surface area is 188 Å². The Bertz CT molecular complexity index is 786. The topological polar surface area (TPSA) is 70.6 Å². The molecule has 8 heteroatoms. The Morgan fingerprint density at radius 3 is 2.29 bits per heavy atom. The predicted octanol–water partition coefficient (Wildman–Crippen LogP) is 3.31. The van der Waals surface area contributed by atoms with E-state index in [2.05, 4.69) is 31.9 Å². The first kappa shape index (κ1) is 21.1. The highest BCUT2D eigenvalue weighted by atomic mass is 127. The van der Waals surface area contributed by atoms with Crippen LogP contribution in [0.2, 0.25) is 5.02 Å². The van der Waals surface area contributed by atoms with Crippen LogP contribution in [0.3, 0.4) is 0 Å². The van der Waals surface area contributed by atoms with E-state index in [0.717, 1.165) is 56.5 Å². The molecule has 0 bridgehead atoms. The van der Waals surface area contributed by atoms with Gasteiger partial charge in [-0.05, 0) is 36.6 Å². The van der Waals surface area contributed by atoms with Crippen LogP contribution in [0, 0.1) is 0 Å². The van der Waals surface area contributed by atoms with Crippen molar-refractivity contribution in [2.75, 3.05) is 37.6 Å². The van der Waals surface area contributed by atoms with Crippen LogP contribution in [0.25, 0.3) is 0 Å². The molecule has 1 aliphatic heterocycles. The van der Waals surface area contributed by atoms with Gasteiger partial charge in [-0.3, -0.25) is 4.99 Å². The highest BCUT2D eigenvalue weighted by Gasteiger charge is 2.38. The lowest BCUT2D eigenvalue weighted by molar-refractivity contribution is 0.252. The van der Waals surface area contributed by atoms with Crippen molar-refractivity contribution in [3.05, 3.63) is 53.3 Å². The van der Waals surface area contributed by atoms with Gasteiger partial charge in [0, 0.05) is 49.0 Å². The molecule has 0 amide bonds. The van der Waals surface area contributed by atoms with Crippen LogP contribution in [0.5, 0.6) is 0 Å². The largest absolute Gasteiger partial charge is 0.370 e. The number of guanidine groups is 1. The number of piperazine rings is 1. The molecule has 0 spiro atoms. The highest BCUT2D eigenvalue weighted by molar-refractivity contribution is 14.0. The Balaban J connectivity index is 0.00000225. The van der Waals surface area contributed by atoms with E-state index >= 15 is 0 Å². The summed E-state index contributed by atoms with van der Waals surface area (Å²) >= 11 is 6.04. The summed E-state index contributed by atoms with van der Waals surface area (Å²) in [6.45, 7) is 4.11. The molecule has 0 unspecified atom stereocenters. The van der Waals surface area contributed by atoms with Crippen LogP contribution >= 0.6 is 35.6 Å². The van der Waals surface area contributed by atoms with Gasteiger partial charge < -0.3 is 15.5 Å². The summed E-state index contributed by atoms with van der Waals surface area (Å²) in [6.07, 6.45) is 7.11. The summed E-state index contributed by atoms with van der Waals surface area (Å²) in [7, 11) is 0. The van der Waals surface area contributed by atoms with Gasteiger partial charge >= 0.3 is 0 Å². The summed E-state index contributed by atoms with van der Waals surface area (Å²) in [5.41, 5.74) is 7.77. The maximum Gasteiger partial charge on any atom is 0.225 e. The maximum absolute atomic E-state index is 6.33. The molecular formula is C20H26ClIN6. The zero-order chi connectivity index (χ0) is 18.7. The normalized spacial score (nSPS) is 19.0. The molecule has 0 radical (unpaired) electrons.